The Hall–Kier alpha value is -1.60. The molecule has 3 N–H and O–H groups in total. The van der Waals surface area contributed by atoms with Gasteiger partial charge in [0.05, 0.1) is 31.6 Å². The van der Waals surface area contributed by atoms with Gasteiger partial charge in [-0.3, -0.25) is 14.4 Å². The molecule has 0 saturated heterocycles. The molecule has 0 fully saturated rings. The molecule has 1 rings (SSSR count). The van der Waals surface area contributed by atoms with Crippen LogP contribution in [0.4, 0.5) is 5.69 Å². The van der Waals surface area contributed by atoms with Crippen LogP contribution in [0.2, 0.25) is 0 Å². The van der Waals surface area contributed by atoms with Crippen LogP contribution in [0.25, 0.3) is 0 Å². The van der Waals surface area contributed by atoms with Gasteiger partial charge in [0, 0.05) is 26.4 Å². The zero-order chi connectivity index (χ0) is 13.4. The van der Waals surface area contributed by atoms with Crippen LogP contribution in [-0.4, -0.2) is 61.0 Å². The van der Waals surface area contributed by atoms with E-state index in [9.17, 15) is 4.79 Å². The van der Waals surface area contributed by atoms with Crippen molar-refractivity contribution in [2.45, 2.75) is 6.54 Å². The number of aromatic nitrogens is 2. The number of ether oxygens (including phenoxy) is 1. The first kappa shape index (κ1) is 14.5. The third-order valence-electron chi connectivity index (χ3n) is 2.41. The van der Waals surface area contributed by atoms with Gasteiger partial charge in [-0.15, -0.1) is 0 Å². The normalized spacial score (nSPS) is 10.8. The maximum absolute atomic E-state index is 11.5. The fraction of sp³-hybridized carbons (Fsp3) is 0.636. The molecule has 0 spiro atoms. The van der Waals surface area contributed by atoms with E-state index in [1.54, 1.807) is 24.2 Å². The Morgan fingerprint density at radius 2 is 2.44 bits per heavy atom. The summed E-state index contributed by atoms with van der Waals surface area (Å²) in [5, 5.41) is 6.84. The number of carbonyl (C=O) groups excluding carboxylic acids is 1. The van der Waals surface area contributed by atoms with Gasteiger partial charge in [-0.25, -0.2) is 0 Å². The molecule has 0 aromatic carbocycles. The summed E-state index contributed by atoms with van der Waals surface area (Å²) in [4.78, 5) is 13.4. The van der Waals surface area contributed by atoms with Gasteiger partial charge < -0.3 is 15.8 Å². The van der Waals surface area contributed by atoms with Crippen LogP contribution in [0.5, 0.6) is 0 Å². The minimum Gasteiger partial charge on any atom is -0.396 e. The van der Waals surface area contributed by atoms with Crippen LogP contribution >= 0.6 is 0 Å². The van der Waals surface area contributed by atoms with Crippen molar-refractivity contribution in [2.24, 2.45) is 0 Å². The molecule has 7 nitrogen and oxygen atoms in total. The first-order chi connectivity index (χ1) is 8.61. The van der Waals surface area contributed by atoms with Crippen LogP contribution in [0.3, 0.4) is 0 Å². The Balaban J connectivity index is 2.16. The standard InChI is InChI=1S/C11H21N5O2/c1-15(9-11(17)13-3-6-18-2)4-5-16-8-10(12)7-14-16/h7-8H,3-6,9,12H2,1-2H3,(H,13,17). The van der Waals surface area contributed by atoms with Crippen molar-refractivity contribution in [3.05, 3.63) is 12.4 Å². The largest absolute Gasteiger partial charge is 0.396 e. The Labute approximate surface area is 107 Å². The molecule has 18 heavy (non-hydrogen) atoms. The lowest BCUT2D eigenvalue weighted by Gasteiger charge is -2.16. The molecule has 1 aromatic heterocycles. The highest BCUT2D eigenvalue weighted by Gasteiger charge is 2.06. The van der Waals surface area contributed by atoms with Crippen molar-refractivity contribution in [2.75, 3.05) is 46.1 Å². The molecule has 0 radical (unpaired) electrons. The maximum atomic E-state index is 11.5. The summed E-state index contributed by atoms with van der Waals surface area (Å²) in [5.41, 5.74) is 6.21. The van der Waals surface area contributed by atoms with Crippen molar-refractivity contribution in [3.8, 4) is 0 Å². The first-order valence-corrected chi connectivity index (χ1v) is 5.84. The van der Waals surface area contributed by atoms with E-state index in [4.69, 9.17) is 10.5 Å². The average Bonchev–Trinajstić information content (AvgIpc) is 2.73. The first-order valence-electron chi connectivity index (χ1n) is 5.84. The van der Waals surface area contributed by atoms with E-state index in [1.165, 1.54) is 0 Å². The van der Waals surface area contributed by atoms with Gasteiger partial charge >= 0.3 is 0 Å². The van der Waals surface area contributed by atoms with Gasteiger partial charge in [-0.1, -0.05) is 0 Å². The molecule has 102 valence electrons. The van der Waals surface area contributed by atoms with Crippen LogP contribution in [0.1, 0.15) is 0 Å². The summed E-state index contributed by atoms with van der Waals surface area (Å²) in [6, 6.07) is 0. The number of amides is 1. The SMILES string of the molecule is COCCNC(=O)CN(C)CCn1cc(N)cn1. The molecule has 0 bridgehead atoms. The van der Waals surface area contributed by atoms with Crippen molar-refractivity contribution < 1.29 is 9.53 Å². The smallest absolute Gasteiger partial charge is 0.234 e. The third kappa shape index (κ3) is 5.65. The molecule has 1 amide bonds. The predicted octanol–water partition coefficient (Wildman–Crippen LogP) is -0.840. The van der Waals surface area contributed by atoms with Gasteiger partial charge in [0.15, 0.2) is 0 Å². The Bertz CT molecular complexity index is 366. The van der Waals surface area contributed by atoms with Gasteiger partial charge in [0.2, 0.25) is 5.91 Å². The van der Waals surface area contributed by atoms with E-state index >= 15 is 0 Å². The number of carbonyl (C=O) groups is 1. The quantitative estimate of drug-likeness (QED) is 0.592. The van der Waals surface area contributed by atoms with E-state index in [0.29, 0.717) is 31.9 Å². The van der Waals surface area contributed by atoms with E-state index in [-0.39, 0.29) is 5.91 Å². The summed E-state index contributed by atoms with van der Waals surface area (Å²) in [5.74, 6) is -0.00507. The van der Waals surface area contributed by atoms with E-state index in [2.05, 4.69) is 10.4 Å². The van der Waals surface area contributed by atoms with E-state index < -0.39 is 0 Å². The molecule has 0 aliphatic carbocycles. The number of hydrogen-bond donors (Lipinski definition) is 2. The summed E-state index contributed by atoms with van der Waals surface area (Å²) < 4.78 is 6.61. The van der Waals surface area contributed by atoms with Crippen molar-refractivity contribution in [1.29, 1.82) is 0 Å². The third-order valence-corrected chi connectivity index (χ3v) is 2.41. The van der Waals surface area contributed by atoms with Crippen LogP contribution in [0.15, 0.2) is 12.4 Å². The zero-order valence-electron chi connectivity index (χ0n) is 10.9. The molecule has 0 saturated carbocycles. The van der Waals surface area contributed by atoms with Crippen molar-refractivity contribution >= 4 is 11.6 Å². The van der Waals surface area contributed by atoms with Crippen molar-refractivity contribution in [3.63, 3.8) is 0 Å². The van der Waals surface area contributed by atoms with Gasteiger partial charge in [0.25, 0.3) is 0 Å². The van der Waals surface area contributed by atoms with Crippen LogP contribution in [-0.2, 0) is 16.1 Å². The lowest BCUT2D eigenvalue weighted by atomic mass is 10.4. The monoisotopic (exact) mass is 255 g/mol. The fourth-order valence-corrected chi connectivity index (χ4v) is 1.45. The Morgan fingerprint density at radius 1 is 1.67 bits per heavy atom. The summed E-state index contributed by atoms with van der Waals surface area (Å²) in [7, 11) is 3.50. The molecule has 1 aromatic rings. The molecule has 0 atom stereocenters. The second kappa shape index (κ2) is 7.67. The predicted molar refractivity (Wildman–Crippen MR) is 69.0 cm³/mol. The fourth-order valence-electron chi connectivity index (χ4n) is 1.45. The number of nitrogens with zero attached hydrogens (tertiary/aromatic N) is 3. The number of nitrogens with one attached hydrogen (secondary N) is 1. The zero-order valence-corrected chi connectivity index (χ0v) is 10.9. The maximum Gasteiger partial charge on any atom is 0.234 e. The lowest BCUT2D eigenvalue weighted by molar-refractivity contribution is -0.122. The molecule has 0 unspecified atom stereocenters. The minimum absolute atomic E-state index is 0.00507. The molecule has 7 heteroatoms. The molecule has 0 aliphatic rings. The van der Waals surface area contributed by atoms with Gasteiger partial charge in [-0.05, 0) is 7.05 Å². The molecular formula is C11H21N5O2. The van der Waals surface area contributed by atoms with E-state index in [1.807, 2.05) is 11.9 Å². The summed E-state index contributed by atoms with van der Waals surface area (Å²) >= 11 is 0. The number of rotatable bonds is 8. The Kier molecular flexibility index (Phi) is 6.16. The number of anilines is 1. The highest BCUT2D eigenvalue weighted by molar-refractivity contribution is 5.77. The topological polar surface area (TPSA) is 85.4 Å². The summed E-state index contributed by atoms with van der Waals surface area (Å²) in [6.07, 6.45) is 3.38. The highest BCUT2D eigenvalue weighted by atomic mass is 16.5. The average molecular weight is 255 g/mol. The van der Waals surface area contributed by atoms with Gasteiger partial charge in [0.1, 0.15) is 0 Å². The number of likely N-dealkylation sites (N-methyl/N-ethyl adjacent to an activating group) is 1. The second-order valence-corrected chi connectivity index (χ2v) is 4.12. The number of nitrogen functional groups attached to an aromatic ring is 1. The highest BCUT2D eigenvalue weighted by Crippen LogP contribution is 1.97. The van der Waals surface area contributed by atoms with Gasteiger partial charge in [-0.2, -0.15) is 5.10 Å². The molecular weight excluding hydrogens is 234 g/mol. The molecule has 0 aliphatic heterocycles. The second-order valence-electron chi connectivity index (χ2n) is 4.12. The molecule has 1 heterocycles. The van der Waals surface area contributed by atoms with Crippen molar-refractivity contribution in [1.82, 2.24) is 20.0 Å². The lowest BCUT2D eigenvalue weighted by Crippen LogP contribution is -2.37. The summed E-state index contributed by atoms with van der Waals surface area (Å²) in [6.45, 7) is 2.87. The van der Waals surface area contributed by atoms with E-state index in [0.717, 1.165) is 6.54 Å². The van der Waals surface area contributed by atoms with Crippen LogP contribution < -0.4 is 11.1 Å². The Morgan fingerprint density at radius 3 is 3.06 bits per heavy atom. The number of nitrogens with two attached hydrogens (primary N) is 1. The minimum atomic E-state index is -0.00507. The number of hydrogen-bond acceptors (Lipinski definition) is 5. The van der Waals surface area contributed by atoms with Crippen LogP contribution in [0, 0.1) is 0 Å². The number of methoxy groups -OCH3 is 1.